The number of phenolic OH excluding ortho intramolecular Hbond substituents is 1. The summed E-state index contributed by atoms with van der Waals surface area (Å²) in [7, 11) is 0. The van der Waals surface area contributed by atoms with Gasteiger partial charge in [0.2, 0.25) is 0 Å². The van der Waals surface area contributed by atoms with Gasteiger partial charge >= 0.3 is 0 Å². The lowest BCUT2D eigenvalue weighted by Gasteiger charge is -2.50. The molecule has 1 aliphatic carbocycles. The molecule has 3 unspecified atom stereocenters. The van der Waals surface area contributed by atoms with Crippen molar-refractivity contribution in [3.05, 3.63) is 64.7 Å². The Morgan fingerprint density at radius 3 is 2.62 bits per heavy atom. The molecule has 3 atom stereocenters. The number of phenols is 1. The number of halogens is 1. The van der Waals surface area contributed by atoms with Crippen molar-refractivity contribution in [3.63, 3.8) is 0 Å². The van der Waals surface area contributed by atoms with E-state index < -0.39 is 0 Å². The van der Waals surface area contributed by atoms with Gasteiger partial charge in [-0.05, 0) is 48.2 Å². The van der Waals surface area contributed by atoms with Crippen molar-refractivity contribution in [1.82, 2.24) is 4.90 Å². The minimum atomic E-state index is 0.0316. The number of benzene rings is 2. The first-order valence-corrected chi connectivity index (χ1v) is 8.81. The number of hydrogen-bond acceptors (Lipinski definition) is 3. The van der Waals surface area contributed by atoms with Crippen molar-refractivity contribution >= 4 is 17.4 Å². The predicted molar refractivity (Wildman–Crippen MR) is 94.0 cm³/mol. The summed E-state index contributed by atoms with van der Waals surface area (Å²) in [6.45, 7) is 0.798. The molecular weight excluding hydrogens is 322 g/mol. The van der Waals surface area contributed by atoms with Crippen molar-refractivity contribution in [2.24, 2.45) is 5.92 Å². The van der Waals surface area contributed by atoms with Gasteiger partial charge in [-0.1, -0.05) is 35.9 Å². The van der Waals surface area contributed by atoms with Gasteiger partial charge < -0.3 is 5.11 Å². The zero-order chi connectivity index (χ0) is 16.7. The number of Topliss-reactive ketones (excluding diaryl/α,β-unsaturated/α-hetero) is 1. The van der Waals surface area contributed by atoms with Crippen LogP contribution in [0.3, 0.4) is 0 Å². The second-order valence-electron chi connectivity index (χ2n) is 6.85. The van der Waals surface area contributed by atoms with Gasteiger partial charge in [0, 0.05) is 36.0 Å². The quantitative estimate of drug-likeness (QED) is 0.902. The summed E-state index contributed by atoms with van der Waals surface area (Å²) in [6.07, 6.45) is 2.66. The third kappa shape index (κ3) is 2.83. The normalized spacial score (nSPS) is 26.7. The lowest BCUT2D eigenvalue weighted by molar-refractivity contribution is -0.138. The van der Waals surface area contributed by atoms with Gasteiger partial charge in [0.1, 0.15) is 11.5 Å². The summed E-state index contributed by atoms with van der Waals surface area (Å²) in [5.41, 5.74) is 2.23. The molecule has 3 fully saturated rings. The number of carbonyl (C=O) groups excluding carboxylic acids is 1. The van der Waals surface area contributed by atoms with Crippen LogP contribution in [0.1, 0.15) is 36.4 Å². The highest BCUT2D eigenvalue weighted by Crippen LogP contribution is 2.46. The topological polar surface area (TPSA) is 40.5 Å². The average Bonchev–Trinajstić information content (AvgIpc) is 2.58. The van der Waals surface area contributed by atoms with E-state index in [9.17, 15) is 9.90 Å². The maximum absolute atomic E-state index is 12.5. The Labute approximate surface area is 146 Å². The van der Waals surface area contributed by atoms with Crippen LogP contribution in [0.25, 0.3) is 0 Å². The van der Waals surface area contributed by atoms with Crippen molar-refractivity contribution < 1.29 is 9.90 Å². The number of rotatable bonds is 3. The number of piperidine rings is 2. The molecule has 5 rings (SSSR count). The number of nitrogens with zero attached hydrogens (tertiary/aromatic N) is 1. The molecule has 0 spiro atoms. The molecule has 1 N–H and O–H groups in total. The molecule has 124 valence electrons. The van der Waals surface area contributed by atoms with E-state index in [0.717, 1.165) is 30.0 Å². The summed E-state index contributed by atoms with van der Waals surface area (Å²) in [5, 5.41) is 10.6. The zero-order valence-corrected chi connectivity index (χ0v) is 14.1. The molecule has 2 aromatic rings. The second-order valence-corrected chi connectivity index (χ2v) is 7.28. The summed E-state index contributed by atoms with van der Waals surface area (Å²) < 4.78 is 0. The van der Waals surface area contributed by atoms with Crippen LogP contribution in [0.4, 0.5) is 0 Å². The van der Waals surface area contributed by atoms with Crippen molar-refractivity contribution in [1.29, 1.82) is 0 Å². The molecule has 2 aromatic carbocycles. The molecule has 4 heteroatoms. The number of hydrogen-bond donors (Lipinski definition) is 1. The first-order valence-electron chi connectivity index (χ1n) is 8.43. The molecule has 1 saturated carbocycles. The van der Waals surface area contributed by atoms with Crippen LogP contribution in [0, 0.1) is 5.92 Å². The Hall–Kier alpha value is -1.84. The smallest absolute Gasteiger partial charge is 0.139 e. The van der Waals surface area contributed by atoms with Crippen LogP contribution < -0.4 is 0 Å². The van der Waals surface area contributed by atoms with E-state index >= 15 is 0 Å². The molecule has 2 heterocycles. The molecule has 24 heavy (non-hydrogen) atoms. The van der Waals surface area contributed by atoms with E-state index in [1.54, 1.807) is 12.1 Å². The number of ketones is 1. The second kappa shape index (κ2) is 6.23. The Kier molecular flexibility index (Phi) is 4.07. The van der Waals surface area contributed by atoms with E-state index in [0.29, 0.717) is 12.2 Å². The highest BCUT2D eigenvalue weighted by molar-refractivity contribution is 6.30. The molecular formula is C20H20ClNO2. The van der Waals surface area contributed by atoms with Crippen LogP contribution >= 0.6 is 11.6 Å². The molecule has 0 radical (unpaired) electrons. The van der Waals surface area contributed by atoms with E-state index in [4.69, 9.17) is 11.6 Å². The third-order valence-electron chi connectivity index (χ3n) is 5.36. The molecule has 0 amide bonds. The SMILES string of the molecule is O=C1CC2CCC1C(c1cccc(O)c1)N2Cc1ccc(Cl)cc1. The van der Waals surface area contributed by atoms with E-state index in [1.807, 2.05) is 36.4 Å². The minimum absolute atomic E-state index is 0.0316. The van der Waals surface area contributed by atoms with Gasteiger partial charge in [0.25, 0.3) is 0 Å². The van der Waals surface area contributed by atoms with Crippen LogP contribution in [-0.4, -0.2) is 21.8 Å². The molecule has 0 aromatic heterocycles. The number of aromatic hydroxyl groups is 1. The number of carbonyl (C=O) groups is 1. The van der Waals surface area contributed by atoms with Gasteiger partial charge in [-0.3, -0.25) is 9.69 Å². The summed E-state index contributed by atoms with van der Waals surface area (Å²) in [6, 6.07) is 15.6. The largest absolute Gasteiger partial charge is 0.508 e. The predicted octanol–water partition coefficient (Wildman–Crippen LogP) is 4.34. The van der Waals surface area contributed by atoms with Gasteiger partial charge in [0.15, 0.2) is 0 Å². The van der Waals surface area contributed by atoms with Crippen molar-refractivity contribution in [2.75, 3.05) is 0 Å². The number of fused-ring (bicyclic) bond motifs is 3. The van der Waals surface area contributed by atoms with Gasteiger partial charge in [-0.25, -0.2) is 0 Å². The van der Waals surface area contributed by atoms with Crippen LogP contribution in [0.5, 0.6) is 5.75 Å². The average molecular weight is 342 g/mol. The van der Waals surface area contributed by atoms with Crippen molar-refractivity contribution in [3.8, 4) is 5.75 Å². The fourth-order valence-corrected chi connectivity index (χ4v) is 4.38. The van der Waals surface area contributed by atoms with Gasteiger partial charge in [0.05, 0.1) is 0 Å². The highest BCUT2D eigenvalue weighted by atomic mass is 35.5. The Morgan fingerprint density at radius 2 is 1.92 bits per heavy atom. The summed E-state index contributed by atoms with van der Waals surface area (Å²) in [4.78, 5) is 14.9. The maximum atomic E-state index is 12.5. The lowest BCUT2D eigenvalue weighted by atomic mass is 9.71. The lowest BCUT2D eigenvalue weighted by Crippen LogP contribution is -2.53. The van der Waals surface area contributed by atoms with Crippen LogP contribution in [0.15, 0.2) is 48.5 Å². The summed E-state index contributed by atoms with van der Waals surface area (Å²) >= 11 is 5.99. The Balaban J connectivity index is 1.69. The standard InChI is InChI=1S/C20H20ClNO2/c21-15-6-4-13(5-7-15)12-22-16-8-9-18(19(24)11-16)20(22)14-2-1-3-17(23)10-14/h1-7,10,16,18,20,23H,8-9,11-12H2. The van der Waals surface area contributed by atoms with Gasteiger partial charge in [-0.15, -0.1) is 0 Å². The molecule has 3 aliphatic rings. The molecule has 3 nitrogen and oxygen atoms in total. The molecule has 2 bridgehead atoms. The van der Waals surface area contributed by atoms with E-state index in [1.165, 1.54) is 5.56 Å². The fourth-order valence-electron chi connectivity index (χ4n) is 4.25. The van der Waals surface area contributed by atoms with E-state index in [-0.39, 0.29) is 23.8 Å². The van der Waals surface area contributed by atoms with Crippen molar-refractivity contribution in [2.45, 2.75) is 37.9 Å². The van der Waals surface area contributed by atoms with Crippen LogP contribution in [-0.2, 0) is 11.3 Å². The zero-order valence-electron chi connectivity index (χ0n) is 13.4. The minimum Gasteiger partial charge on any atom is -0.508 e. The third-order valence-corrected chi connectivity index (χ3v) is 5.61. The van der Waals surface area contributed by atoms with Gasteiger partial charge in [-0.2, -0.15) is 0 Å². The first kappa shape index (κ1) is 15.7. The van der Waals surface area contributed by atoms with E-state index in [2.05, 4.69) is 4.90 Å². The highest BCUT2D eigenvalue weighted by Gasteiger charge is 2.47. The molecule has 2 aliphatic heterocycles. The fraction of sp³-hybridized carbons (Fsp3) is 0.350. The maximum Gasteiger partial charge on any atom is 0.139 e. The molecule has 2 saturated heterocycles. The monoisotopic (exact) mass is 341 g/mol. The van der Waals surface area contributed by atoms with Crippen LogP contribution in [0.2, 0.25) is 5.02 Å². The Morgan fingerprint density at radius 1 is 1.12 bits per heavy atom. The Bertz CT molecular complexity index is 758. The first-order chi connectivity index (χ1) is 11.6. The summed E-state index contributed by atoms with van der Waals surface area (Å²) in [5.74, 6) is 0.656.